The summed E-state index contributed by atoms with van der Waals surface area (Å²) in [5.41, 5.74) is 3.92. The molecule has 0 aliphatic carbocycles. The van der Waals surface area contributed by atoms with Crippen LogP contribution in [0.15, 0.2) is 83.3 Å². The maximum atomic E-state index is 13.6. The number of fused-ring (bicyclic) bond motifs is 1. The van der Waals surface area contributed by atoms with E-state index in [0.717, 1.165) is 44.1 Å². The second-order valence-corrected chi connectivity index (χ2v) is 9.42. The van der Waals surface area contributed by atoms with Crippen LogP contribution in [0.25, 0.3) is 27.2 Å². The maximum absolute atomic E-state index is 13.6. The van der Waals surface area contributed by atoms with E-state index in [4.69, 9.17) is 0 Å². The molecule has 0 atom stereocenters. The first-order valence-electron chi connectivity index (χ1n) is 11.4. The van der Waals surface area contributed by atoms with Crippen molar-refractivity contribution < 1.29 is 18.0 Å². The summed E-state index contributed by atoms with van der Waals surface area (Å²) in [5, 5.41) is 11.1. The SMILES string of the molecule is CN(C)c1ccc(C=NNC(=O)c2csc(-n3nc(C(F)(F)F)cc3-c3ccc4ccccc4c3)n2)cc1. The summed E-state index contributed by atoms with van der Waals surface area (Å²) in [6, 6.07) is 21.5. The van der Waals surface area contributed by atoms with Crippen LogP contribution in [0.4, 0.5) is 18.9 Å². The average molecular weight is 535 g/mol. The highest BCUT2D eigenvalue weighted by Gasteiger charge is 2.35. The van der Waals surface area contributed by atoms with Crippen molar-refractivity contribution in [2.75, 3.05) is 19.0 Å². The summed E-state index contributed by atoms with van der Waals surface area (Å²) >= 11 is 1.01. The lowest BCUT2D eigenvalue weighted by atomic mass is 10.0. The summed E-state index contributed by atoms with van der Waals surface area (Å²) in [5.74, 6) is -0.593. The monoisotopic (exact) mass is 534 g/mol. The van der Waals surface area contributed by atoms with Gasteiger partial charge in [0.15, 0.2) is 5.69 Å². The Morgan fingerprint density at radius 2 is 1.76 bits per heavy atom. The van der Waals surface area contributed by atoms with Crippen LogP contribution in [-0.4, -0.2) is 41.0 Å². The van der Waals surface area contributed by atoms with Gasteiger partial charge in [-0.25, -0.2) is 15.1 Å². The molecule has 1 N–H and O–H groups in total. The Balaban J connectivity index is 1.40. The van der Waals surface area contributed by atoms with Gasteiger partial charge in [0.25, 0.3) is 5.91 Å². The predicted octanol–water partition coefficient (Wildman–Crippen LogP) is 6.00. The molecule has 0 saturated heterocycles. The fraction of sp³-hybridized carbons (Fsp3) is 0.111. The Morgan fingerprint density at radius 1 is 1.03 bits per heavy atom. The van der Waals surface area contributed by atoms with E-state index in [0.29, 0.717) is 5.56 Å². The van der Waals surface area contributed by atoms with Gasteiger partial charge >= 0.3 is 6.18 Å². The number of thiazole rings is 1. The third-order valence-electron chi connectivity index (χ3n) is 5.74. The molecule has 3 aromatic carbocycles. The third-order valence-corrected chi connectivity index (χ3v) is 6.56. The number of anilines is 1. The van der Waals surface area contributed by atoms with Crippen molar-refractivity contribution in [3.05, 3.63) is 95.1 Å². The van der Waals surface area contributed by atoms with Gasteiger partial charge in [-0.3, -0.25) is 4.79 Å². The second-order valence-electron chi connectivity index (χ2n) is 8.59. The predicted molar refractivity (Wildman–Crippen MR) is 143 cm³/mol. The molecular weight excluding hydrogens is 513 g/mol. The van der Waals surface area contributed by atoms with Crippen molar-refractivity contribution in [2.24, 2.45) is 5.10 Å². The minimum absolute atomic E-state index is 0.0126. The molecule has 2 heterocycles. The number of benzene rings is 3. The summed E-state index contributed by atoms with van der Waals surface area (Å²) < 4.78 is 41.8. The maximum Gasteiger partial charge on any atom is 0.435 e. The van der Waals surface area contributed by atoms with Crippen LogP contribution in [0.2, 0.25) is 0 Å². The van der Waals surface area contributed by atoms with E-state index < -0.39 is 17.8 Å². The van der Waals surface area contributed by atoms with Gasteiger partial charge in [0, 0.05) is 30.7 Å². The molecule has 5 rings (SSSR count). The standard InChI is InChI=1S/C27H21F3N6OS/c1-35(2)21-11-7-17(8-12-21)15-31-33-25(37)22-16-38-26(32-22)36-23(14-24(34-36)27(28,29)30)20-10-9-18-5-3-4-6-19(18)13-20/h3-16H,1-2H3,(H,33,37). The molecule has 0 fully saturated rings. The summed E-state index contributed by atoms with van der Waals surface area (Å²) in [4.78, 5) is 18.8. The van der Waals surface area contributed by atoms with Gasteiger partial charge in [-0.2, -0.15) is 23.4 Å². The lowest BCUT2D eigenvalue weighted by molar-refractivity contribution is -0.141. The van der Waals surface area contributed by atoms with Crippen LogP contribution in [-0.2, 0) is 6.18 Å². The lowest BCUT2D eigenvalue weighted by Crippen LogP contribution is -2.18. The van der Waals surface area contributed by atoms with Crippen molar-refractivity contribution in [2.45, 2.75) is 6.18 Å². The van der Waals surface area contributed by atoms with E-state index >= 15 is 0 Å². The van der Waals surface area contributed by atoms with Crippen molar-refractivity contribution in [1.29, 1.82) is 0 Å². The van der Waals surface area contributed by atoms with Crippen molar-refractivity contribution in [3.63, 3.8) is 0 Å². The van der Waals surface area contributed by atoms with Crippen LogP contribution in [0, 0.1) is 0 Å². The molecule has 0 unspecified atom stereocenters. The lowest BCUT2D eigenvalue weighted by Gasteiger charge is -2.11. The average Bonchev–Trinajstić information content (AvgIpc) is 3.56. The van der Waals surface area contributed by atoms with Crippen LogP contribution >= 0.6 is 11.3 Å². The van der Waals surface area contributed by atoms with Gasteiger partial charge in [-0.05, 0) is 40.6 Å². The Labute approximate surface area is 219 Å². The van der Waals surface area contributed by atoms with Crippen molar-refractivity contribution >= 4 is 39.9 Å². The molecule has 0 aliphatic rings. The number of carbonyl (C=O) groups is 1. The Hall–Kier alpha value is -4.51. The summed E-state index contributed by atoms with van der Waals surface area (Å²) in [6.07, 6.45) is -3.15. The van der Waals surface area contributed by atoms with Crippen LogP contribution in [0.5, 0.6) is 0 Å². The number of hydrogen-bond acceptors (Lipinski definition) is 6. The second kappa shape index (κ2) is 10.1. The minimum Gasteiger partial charge on any atom is -0.378 e. The topological polar surface area (TPSA) is 75.4 Å². The molecule has 11 heteroatoms. The van der Waals surface area contributed by atoms with E-state index in [1.54, 1.807) is 12.1 Å². The smallest absolute Gasteiger partial charge is 0.378 e. The Morgan fingerprint density at radius 3 is 2.47 bits per heavy atom. The van der Waals surface area contributed by atoms with Crippen LogP contribution < -0.4 is 10.3 Å². The number of hydrazone groups is 1. The first-order chi connectivity index (χ1) is 18.2. The summed E-state index contributed by atoms with van der Waals surface area (Å²) in [6.45, 7) is 0. The molecule has 0 saturated carbocycles. The number of alkyl halides is 3. The van der Waals surface area contributed by atoms with Gasteiger partial charge in [-0.1, -0.05) is 48.5 Å². The number of carbonyl (C=O) groups excluding carboxylic acids is 1. The van der Waals surface area contributed by atoms with E-state index in [1.807, 2.05) is 73.6 Å². The number of amides is 1. The fourth-order valence-electron chi connectivity index (χ4n) is 3.77. The summed E-state index contributed by atoms with van der Waals surface area (Å²) in [7, 11) is 3.87. The third kappa shape index (κ3) is 5.28. The largest absolute Gasteiger partial charge is 0.435 e. The molecular formula is C27H21F3N6OS. The van der Waals surface area contributed by atoms with E-state index in [1.165, 1.54) is 11.6 Å². The molecule has 0 aliphatic heterocycles. The van der Waals surface area contributed by atoms with E-state index in [9.17, 15) is 18.0 Å². The zero-order chi connectivity index (χ0) is 26.9. The van der Waals surface area contributed by atoms with Crippen LogP contribution in [0.1, 0.15) is 21.7 Å². The molecule has 192 valence electrons. The highest BCUT2D eigenvalue weighted by molar-refractivity contribution is 7.12. The molecule has 0 bridgehead atoms. The fourth-order valence-corrected chi connectivity index (χ4v) is 4.53. The molecule has 0 radical (unpaired) electrons. The molecule has 5 aromatic rings. The van der Waals surface area contributed by atoms with Crippen LogP contribution in [0.3, 0.4) is 0 Å². The Kier molecular flexibility index (Phi) is 6.68. The highest BCUT2D eigenvalue weighted by atomic mass is 32.1. The molecule has 38 heavy (non-hydrogen) atoms. The number of halogens is 3. The number of nitrogens with one attached hydrogen (secondary N) is 1. The van der Waals surface area contributed by atoms with Crippen molar-refractivity contribution in [1.82, 2.24) is 20.2 Å². The molecule has 0 spiro atoms. The molecule has 1 amide bonds. The van der Waals surface area contributed by atoms with E-state index in [-0.39, 0.29) is 16.5 Å². The van der Waals surface area contributed by atoms with Gasteiger partial charge in [0.05, 0.1) is 11.9 Å². The van der Waals surface area contributed by atoms with Gasteiger partial charge in [-0.15, -0.1) is 11.3 Å². The van der Waals surface area contributed by atoms with Crippen molar-refractivity contribution in [3.8, 4) is 16.4 Å². The highest BCUT2D eigenvalue weighted by Crippen LogP contribution is 2.34. The normalized spacial score (nSPS) is 11.8. The van der Waals surface area contributed by atoms with E-state index in [2.05, 4.69) is 20.6 Å². The quantitative estimate of drug-likeness (QED) is 0.214. The number of hydrogen-bond donors (Lipinski definition) is 1. The first kappa shape index (κ1) is 25.2. The molecule has 2 aromatic heterocycles. The first-order valence-corrected chi connectivity index (χ1v) is 12.3. The zero-order valence-electron chi connectivity index (χ0n) is 20.3. The minimum atomic E-state index is -4.65. The number of rotatable bonds is 6. The molecule has 7 nitrogen and oxygen atoms in total. The van der Waals surface area contributed by atoms with Gasteiger partial charge in [0.2, 0.25) is 5.13 Å². The number of nitrogens with zero attached hydrogens (tertiary/aromatic N) is 5. The zero-order valence-corrected chi connectivity index (χ0v) is 21.1. The Bertz CT molecular complexity index is 1640. The van der Waals surface area contributed by atoms with Gasteiger partial charge in [0.1, 0.15) is 5.69 Å². The number of aromatic nitrogens is 3. The van der Waals surface area contributed by atoms with Gasteiger partial charge < -0.3 is 4.90 Å².